The highest BCUT2D eigenvalue weighted by molar-refractivity contribution is 7.50. The molecule has 1 atom stereocenters. The third-order valence-corrected chi connectivity index (χ3v) is 5.20. The van der Waals surface area contributed by atoms with Crippen LogP contribution in [0.2, 0.25) is 5.02 Å². The smallest absolute Gasteiger partial charge is 0.158 e. The average Bonchev–Trinajstić information content (AvgIpc) is 2.66. The molecule has 1 aromatic rings. The van der Waals surface area contributed by atoms with E-state index in [1.807, 2.05) is 33.5 Å². The Hall–Kier alpha value is -1.39. The molecular formula is C21H33ClNO4P. The Morgan fingerprint density at radius 3 is 2.36 bits per heavy atom. The number of carbonyl (C=O) groups is 1. The van der Waals surface area contributed by atoms with Crippen molar-refractivity contribution in [2.75, 3.05) is 27.5 Å². The number of hydrogen-bond acceptors (Lipinski definition) is 5. The lowest BCUT2D eigenvalue weighted by molar-refractivity contribution is -0.111. The van der Waals surface area contributed by atoms with E-state index < -0.39 is 13.8 Å². The molecule has 28 heavy (non-hydrogen) atoms. The molecule has 0 aliphatic rings. The molecular weight excluding hydrogens is 397 g/mol. The minimum atomic E-state index is -0.885. The van der Waals surface area contributed by atoms with Crippen LogP contribution in [0, 0.1) is 0 Å². The summed E-state index contributed by atoms with van der Waals surface area (Å²) >= 11 is 5.76. The van der Waals surface area contributed by atoms with E-state index in [2.05, 4.69) is 11.7 Å². The summed E-state index contributed by atoms with van der Waals surface area (Å²) in [5.74, 6) is 1.70. The molecule has 1 unspecified atom stereocenters. The average molecular weight is 430 g/mol. The number of rotatable bonds is 11. The fourth-order valence-electron chi connectivity index (χ4n) is 2.05. The zero-order valence-electron chi connectivity index (χ0n) is 17.8. The molecule has 1 N–H and O–H groups in total. The highest BCUT2D eigenvalue weighted by atomic mass is 35.5. The van der Waals surface area contributed by atoms with Gasteiger partial charge in [-0.05, 0) is 63.5 Å². The predicted octanol–water partition coefficient (Wildman–Crippen LogP) is 5.75. The molecule has 5 nitrogen and oxygen atoms in total. The lowest BCUT2D eigenvalue weighted by atomic mass is 10.1. The van der Waals surface area contributed by atoms with E-state index in [1.54, 1.807) is 38.5 Å². The van der Waals surface area contributed by atoms with E-state index in [1.165, 1.54) is 5.57 Å². The highest BCUT2D eigenvalue weighted by Crippen LogP contribution is 2.32. The Bertz CT molecular complexity index is 617. The van der Waals surface area contributed by atoms with Gasteiger partial charge in [0.2, 0.25) is 0 Å². The number of benzene rings is 1. The standard InChI is InChI=1S/C11H15ClNO2P.C10H18O2/c1-11(2,8-14)13-16(3)15-10-6-4-9(12)5-7-10;1-5-6-7-10(8-11-3)9(2)12-4/h4-8,13H,1-3H3;5H,1,6-8H2,2-4H3/b;10-9-. The molecule has 0 saturated carbocycles. The van der Waals surface area contributed by atoms with Crippen molar-refractivity contribution >= 4 is 26.2 Å². The summed E-state index contributed by atoms with van der Waals surface area (Å²) in [6.45, 7) is 11.8. The number of allylic oxidation sites excluding steroid dienone is 2. The Morgan fingerprint density at radius 2 is 1.89 bits per heavy atom. The molecule has 0 heterocycles. The van der Waals surface area contributed by atoms with E-state index >= 15 is 0 Å². The third-order valence-electron chi connectivity index (χ3n) is 3.57. The largest absolute Gasteiger partial charge is 0.501 e. The van der Waals surface area contributed by atoms with Gasteiger partial charge in [-0.3, -0.25) is 5.09 Å². The Kier molecular flexibility index (Phi) is 13.9. The van der Waals surface area contributed by atoms with Crippen molar-refractivity contribution in [2.24, 2.45) is 0 Å². The Morgan fingerprint density at radius 1 is 1.29 bits per heavy atom. The summed E-state index contributed by atoms with van der Waals surface area (Å²) in [6.07, 6.45) is 4.71. The van der Waals surface area contributed by atoms with E-state index in [4.69, 9.17) is 25.6 Å². The molecule has 0 aliphatic carbocycles. The second kappa shape index (κ2) is 14.6. The van der Waals surface area contributed by atoms with Crippen LogP contribution in [-0.2, 0) is 14.3 Å². The summed E-state index contributed by atoms with van der Waals surface area (Å²) < 4.78 is 15.8. The van der Waals surface area contributed by atoms with Gasteiger partial charge in [-0.15, -0.1) is 6.58 Å². The molecule has 0 amide bonds. The number of methoxy groups -OCH3 is 2. The molecule has 0 spiro atoms. The van der Waals surface area contributed by atoms with Crippen LogP contribution in [-0.4, -0.2) is 39.3 Å². The van der Waals surface area contributed by atoms with Gasteiger partial charge in [0.15, 0.2) is 8.30 Å². The number of nitrogens with one attached hydrogen (secondary N) is 1. The summed E-state index contributed by atoms with van der Waals surface area (Å²) in [5.41, 5.74) is 0.646. The van der Waals surface area contributed by atoms with Crippen LogP contribution in [0.3, 0.4) is 0 Å². The number of hydrogen-bond donors (Lipinski definition) is 1. The van der Waals surface area contributed by atoms with E-state index in [0.717, 1.165) is 30.6 Å². The van der Waals surface area contributed by atoms with Crippen molar-refractivity contribution in [3.05, 3.63) is 53.3 Å². The summed E-state index contributed by atoms with van der Waals surface area (Å²) in [5, 5.41) is 3.79. The van der Waals surface area contributed by atoms with Gasteiger partial charge in [0.1, 0.15) is 12.0 Å². The van der Waals surface area contributed by atoms with E-state index in [0.29, 0.717) is 11.6 Å². The maximum Gasteiger partial charge on any atom is 0.158 e. The highest BCUT2D eigenvalue weighted by Gasteiger charge is 2.20. The van der Waals surface area contributed by atoms with Crippen LogP contribution in [0.25, 0.3) is 0 Å². The van der Waals surface area contributed by atoms with Crippen molar-refractivity contribution in [3.63, 3.8) is 0 Å². The zero-order chi connectivity index (χ0) is 21.6. The van der Waals surface area contributed by atoms with Gasteiger partial charge in [0, 0.05) is 18.8 Å². The first-order chi connectivity index (χ1) is 13.2. The van der Waals surface area contributed by atoms with Crippen molar-refractivity contribution in [3.8, 4) is 5.75 Å². The van der Waals surface area contributed by atoms with Crippen molar-refractivity contribution in [1.82, 2.24) is 5.09 Å². The van der Waals surface area contributed by atoms with Gasteiger partial charge in [-0.2, -0.15) is 0 Å². The predicted molar refractivity (Wildman–Crippen MR) is 119 cm³/mol. The molecule has 1 rings (SSSR count). The van der Waals surface area contributed by atoms with Crippen LogP contribution >= 0.6 is 19.9 Å². The fraction of sp³-hybridized carbons (Fsp3) is 0.476. The van der Waals surface area contributed by atoms with Gasteiger partial charge >= 0.3 is 0 Å². The van der Waals surface area contributed by atoms with Crippen LogP contribution < -0.4 is 9.61 Å². The Balaban J connectivity index is 0.000000546. The normalized spacial score (nSPS) is 12.8. The summed E-state index contributed by atoms with van der Waals surface area (Å²) in [6, 6.07) is 7.14. The molecule has 7 heteroatoms. The maximum atomic E-state index is 10.7. The Labute approximate surface area is 176 Å². The number of aldehydes is 1. The molecule has 0 aromatic heterocycles. The monoisotopic (exact) mass is 429 g/mol. The van der Waals surface area contributed by atoms with Gasteiger partial charge in [-0.25, -0.2) is 0 Å². The lowest BCUT2D eigenvalue weighted by Crippen LogP contribution is -2.37. The van der Waals surface area contributed by atoms with Gasteiger partial charge in [-0.1, -0.05) is 17.7 Å². The number of ether oxygens (including phenoxy) is 2. The first-order valence-corrected chi connectivity index (χ1v) is 11.0. The molecule has 0 saturated heterocycles. The third kappa shape index (κ3) is 12.1. The SMILES string of the molecule is C=CCC/C(COC)=C(\C)OC.CP(NC(C)(C)C=O)Oc1ccc(Cl)cc1. The van der Waals surface area contributed by atoms with Crippen molar-refractivity contribution < 1.29 is 18.8 Å². The van der Waals surface area contributed by atoms with Crippen molar-refractivity contribution in [2.45, 2.75) is 39.2 Å². The molecule has 1 aromatic carbocycles. The first-order valence-electron chi connectivity index (χ1n) is 8.93. The topological polar surface area (TPSA) is 56.8 Å². The van der Waals surface area contributed by atoms with Crippen LogP contribution in [0.4, 0.5) is 0 Å². The summed E-state index contributed by atoms with van der Waals surface area (Å²) in [7, 11) is 2.49. The van der Waals surface area contributed by atoms with E-state index in [-0.39, 0.29) is 0 Å². The van der Waals surface area contributed by atoms with Crippen LogP contribution in [0.1, 0.15) is 33.6 Å². The second-order valence-electron chi connectivity index (χ2n) is 6.62. The van der Waals surface area contributed by atoms with Crippen LogP contribution in [0.15, 0.2) is 48.3 Å². The first kappa shape index (κ1) is 26.6. The molecule has 0 aliphatic heterocycles. The zero-order valence-corrected chi connectivity index (χ0v) is 19.4. The second-order valence-corrected chi connectivity index (χ2v) is 8.46. The maximum absolute atomic E-state index is 10.7. The quantitative estimate of drug-likeness (QED) is 0.210. The molecule has 158 valence electrons. The van der Waals surface area contributed by atoms with Gasteiger partial charge in [0.05, 0.1) is 25.0 Å². The number of halogens is 1. The fourth-order valence-corrected chi connectivity index (χ4v) is 3.53. The molecule has 0 radical (unpaired) electrons. The lowest BCUT2D eigenvalue weighted by Gasteiger charge is -2.24. The van der Waals surface area contributed by atoms with Gasteiger partial charge < -0.3 is 18.8 Å². The molecule has 0 bridgehead atoms. The van der Waals surface area contributed by atoms with Crippen molar-refractivity contribution in [1.29, 1.82) is 0 Å². The minimum absolute atomic E-state index is 0.563. The minimum Gasteiger partial charge on any atom is -0.501 e. The number of carbonyl (C=O) groups excluding carboxylic acids is 1. The molecule has 0 fully saturated rings. The van der Waals surface area contributed by atoms with Gasteiger partial charge in [0.25, 0.3) is 0 Å². The summed E-state index contributed by atoms with van der Waals surface area (Å²) in [4.78, 5) is 10.7. The van der Waals surface area contributed by atoms with Crippen LogP contribution in [0.5, 0.6) is 5.75 Å². The van der Waals surface area contributed by atoms with E-state index in [9.17, 15) is 4.79 Å².